The van der Waals surface area contributed by atoms with Crippen LogP contribution in [0.4, 0.5) is 0 Å². The van der Waals surface area contributed by atoms with Gasteiger partial charge in [-0.1, -0.05) is 68.5 Å². The first kappa shape index (κ1) is 42.8. The second-order valence-electron chi connectivity index (χ2n) is 18.2. The van der Waals surface area contributed by atoms with Gasteiger partial charge >= 0.3 is 0 Å². The Morgan fingerprint density at radius 2 is 1.88 bits per heavy atom. The molecule has 2 heterocycles. The van der Waals surface area contributed by atoms with E-state index in [1.54, 1.807) is 6.07 Å². The fraction of sp³-hybridized carbons (Fsp3) is 0.612. The third-order valence-electron chi connectivity index (χ3n) is 14.1. The van der Waals surface area contributed by atoms with Gasteiger partial charge in [0, 0.05) is 32.5 Å². The van der Waals surface area contributed by atoms with Crippen LogP contribution < -0.4 is 15.8 Å². The predicted molar refractivity (Wildman–Crippen MR) is 231 cm³/mol. The molecule has 3 saturated carbocycles. The number of aliphatic imine (C=N–C) groups is 1. The number of phenols is 1. The molecule has 7 unspecified atom stereocenters. The third kappa shape index (κ3) is 10.5. The number of phenolic OH excluding ortho intramolecular Hbond substituents is 1. The molecule has 0 saturated heterocycles. The Labute approximate surface area is 347 Å². The summed E-state index contributed by atoms with van der Waals surface area (Å²) in [5.74, 6) is 3.77. The lowest BCUT2D eigenvalue weighted by Crippen LogP contribution is -2.38. The van der Waals surface area contributed by atoms with Crippen LogP contribution in [-0.2, 0) is 12.8 Å². The smallest absolute Gasteiger partial charge is 0.208 e. The lowest BCUT2D eigenvalue weighted by atomic mass is 9.66. The fourth-order valence-electron chi connectivity index (χ4n) is 11.1. The van der Waals surface area contributed by atoms with Crippen LogP contribution in [-0.4, -0.2) is 82.0 Å². The Kier molecular flexibility index (Phi) is 15.0. The summed E-state index contributed by atoms with van der Waals surface area (Å²) in [7, 11) is 0. The number of ether oxygens (including phenoxy) is 2. The number of rotatable bonds is 21. The molecule has 2 aromatic rings. The predicted octanol–water partition coefficient (Wildman–Crippen LogP) is 7.07. The molecule has 1 spiro atoms. The summed E-state index contributed by atoms with van der Waals surface area (Å²) in [6.07, 6.45) is 21.7. The number of unbranched alkanes of at least 4 members (excludes halogenated alkanes) is 2. The third-order valence-corrected chi connectivity index (χ3v) is 14.1. The van der Waals surface area contributed by atoms with E-state index in [0.717, 1.165) is 80.9 Å². The Balaban J connectivity index is 0.896. The van der Waals surface area contributed by atoms with Crippen molar-refractivity contribution >= 4 is 5.71 Å². The maximum Gasteiger partial charge on any atom is 0.208 e. The molecule has 0 radical (unpaired) electrons. The van der Waals surface area contributed by atoms with Gasteiger partial charge in [0.05, 0.1) is 18.1 Å². The summed E-state index contributed by atoms with van der Waals surface area (Å²) in [5, 5.41) is 45.9. The molecule has 0 bridgehead atoms. The minimum atomic E-state index is -0.928. The molecule has 7 rings (SSSR count). The first-order valence-electron chi connectivity index (χ1n) is 22.5. The Bertz CT molecular complexity index is 1700. The maximum absolute atomic E-state index is 11.5. The van der Waals surface area contributed by atoms with Crippen LogP contribution in [0, 0.1) is 41.1 Å². The van der Waals surface area contributed by atoms with Crippen LogP contribution in [0.5, 0.6) is 11.5 Å². The van der Waals surface area contributed by atoms with Crippen molar-refractivity contribution in [2.24, 2.45) is 39.8 Å². The molecule has 2 aromatic carbocycles. The van der Waals surface area contributed by atoms with E-state index in [4.69, 9.17) is 20.2 Å². The SMILES string of the molecule is CC(O)CNCC1[C+]2C=C(C(O)COc3cc(CC[C-]4C=C(CO)C(CCCCCC(CN)Cc5ccccc5)[OH+]4)ccc3O)N=C2CC2(CCCC2)C2CCCC12. The largest absolute Gasteiger partial charge is 0.504 e. The molecule has 9 heteroatoms. The number of hydrogen-bond acceptors (Lipinski definition) is 8. The number of hydrogen-bond donors (Lipinski definition) is 6. The van der Waals surface area contributed by atoms with Crippen molar-refractivity contribution in [1.29, 1.82) is 0 Å². The lowest BCUT2D eigenvalue weighted by Gasteiger charge is -2.37. The standard InChI is InChI=1S/C49H69N3O6/c1-33(54)29-51-30-41-39-14-10-15-42(39)49(21-8-9-22-49)27-44-40(41)26-43(52-44)46(56)32-57-48-24-35(18-20-45(48)55)17-19-38-25-37(31-53)47(58-38)16-7-3-6-13-36(28-50)23-34-11-4-2-5-12-34/h2,4-5,11-12,18,20,24-26,33,36,39,41-42,46-47,51,53-54,56,58H,3,6-10,13-17,19,21-23,27-32,50H2,1H3/p+1. The van der Waals surface area contributed by atoms with Gasteiger partial charge < -0.3 is 41.0 Å². The van der Waals surface area contributed by atoms with Gasteiger partial charge in [-0.3, -0.25) is 0 Å². The molecule has 7 atom stereocenters. The van der Waals surface area contributed by atoms with Crippen molar-refractivity contribution in [2.45, 2.75) is 128 Å². The normalized spacial score (nSPS) is 25.2. The number of aryl methyl sites for hydroxylation is 1. The minimum absolute atomic E-state index is 0.00800. The number of aliphatic hydroxyl groups is 5. The molecule has 58 heavy (non-hydrogen) atoms. The number of allylic oxidation sites excluding steroid dienone is 1. The molecule has 2 aliphatic heterocycles. The van der Waals surface area contributed by atoms with E-state index < -0.39 is 12.2 Å². The summed E-state index contributed by atoms with van der Waals surface area (Å²) in [6, 6.07) is 16.0. The van der Waals surface area contributed by atoms with E-state index in [2.05, 4.69) is 47.8 Å². The summed E-state index contributed by atoms with van der Waals surface area (Å²) in [4.78, 5) is 5.14. The second kappa shape index (κ2) is 20.3. The molecule has 0 amide bonds. The number of aliphatic hydroxyl groups excluding tert-OH is 3. The van der Waals surface area contributed by atoms with E-state index in [1.165, 1.54) is 56.4 Å². The molecule has 9 nitrogen and oxygen atoms in total. The topological polar surface area (TPSA) is 153 Å². The molecule has 8 N–H and O–H groups in total. The van der Waals surface area contributed by atoms with Crippen LogP contribution >= 0.6 is 0 Å². The number of nitrogens with zero attached hydrogens (tertiary/aromatic N) is 1. The van der Waals surface area contributed by atoms with Gasteiger partial charge in [-0.2, -0.15) is 0 Å². The monoisotopic (exact) mass is 797 g/mol. The van der Waals surface area contributed by atoms with Crippen molar-refractivity contribution in [3.63, 3.8) is 0 Å². The molecule has 0 aromatic heterocycles. The quantitative estimate of drug-likeness (QED) is 0.0449. The van der Waals surface area contributed by atoms with Gasteiger partial charge in [0.25, 0.3) is 0 Å². The number of nitrogens with one attached hydrogen (secondary N) is 1. The van der Waals surface area contributed by atoms with Gasteiger partial charge in [0.15, 0.2) is 17.6 Å². The van der Waals surface area contributed by atoms with Crippen LogP contribution in [0.1, 0.15) is 108 Å². The Morgan fingerprint density at radius 3 is 2.66 bits per heavy atom. The first-order chi connectivity index (χ1) is 28.2. The van der Waals surface area contributed by atoms with Crippen LogP contribution in [0.25, 0.3) is 0 Å². The van der Waals surface area contributed by atoms with E-state index >= 15 is 0 Å². The average Bonchev–Trinajstić information content (AvgIpc) is 4.05. The average molecular weight is 797 g/mol. The van der Waals surface area contributed by atoms with Gasteiger partial charge in [-0.15, -0.1) is 16.6 Å². The van der Waals surface area contributed by atoms with Crippen molar-refractivity contribution in [3.8, 4) is 11.5 Å². The second-order valence-corrected chi connectivity index (χ2v) is 18.2. The summed E-state index contributed by atoms with van der Waals surface area (Å²) < 4.78 is 11.1. The number of benzene rings is 2. The number of aromatic hydroxyl groups is 1. The van der Waals surface area contributed by atoms with Crippen molar-refractivity contribution in [3.05, 3.63) is 95.1 Å². The lowest BCUT2D eigenvalue weighted by molar-refractivity contribution is -0.0552. The van der Waals surface area contributed by atoms with E-state index in [-0.39, 0.29) is 25.1 Å². The number of fused-ring (bicyclic) bond motifs is 3. The molecule has 3 aliphatic carbocycles. The molecular weight excluding hydrogens is 727 g/mol. The zero-order valence-corrected chi connectivity index (χ0v) is 34.8. The maximum atomic E-state index is 11.5. The van der Waals surface area contributed by atoms with Gasteiger partial charge in [0.2, 0.25) is 5.70 Å². The van der Waals surface area contributed by atoms with Crippen molar-refractivity contribution in [1.82, 2.24) is 5.32 Å². The van der Waals surface area contributed by atoms with E-state index in [9.17, 15) is 20.4 Å². The highest BCUT2D eigenvalue weighted by Gasteiger charge is 2.58. The molecule has 316 valence electrons. The highest BCUT2D eigenvalue weighted by molar-refractivity contribution is 6.03. The summed E-state index contributed by atoms with van der Waals surface area (Å²) in [5.41, 5.74) is 11.5. The highest BCUT2D eigenvalue weighted by Crippen LogP contribution is 2.61. The van der Waals surface area contributed by atoms with Crippen LogP contribution in [0.15, 0.2) is 76.9 Å². The Hall–Kier alpha value is -3.31. The minimum Gasteiger partial charge on any atom is -0.504 e. The zero-order valence-electron chi connectivity index (χ0n) is 34.8. The summed E-state index contributed by atoms with van der Waals surface area (Å²) >= 11 is 0. The van der Waals surface area contributed by atoms with Gasteiger partial charge in [-0.25, -0.2) is 0 Å². The first-order valence-corrected chi connectivity index (χ1v) is 22.5. The van der Waals surface area contributed by atoms with Gasteiger partial charge in [0.1, 0.15) is 30.4 Å². The fourth-order valence-corrected chi connectivity index (χ4v) is 11.1. The number of nitrogens with two attached hydrogens (primary N) is 1. The highest BCUT2D eigenvalue weighted by atomic mass is 16.5. The van der Waals surface area contributed by atoms with Crippen LogP contribution in [0.3, 0.4) is 0 Å². The van der Waals surface area contributed by atoms with E-state index in [0.29, 0.717) is 60.0 Å². The molecule has 3 fully saturated rings. The summed E-state index contributed by atoms with van der Waals surface area (Å²) in [6.45, 7) is 3.92. The zero-order chi connectivity index (χ0) is 40.5. The molecular formula is C49H70N3O6+. The van der Waals surface area contributed by atoms with Crippen molar-refractivity contribution < 1.29 is 29.9 Å². The van der Waals surface area contributed by atoms with Crippen molar-refractivity contribution in [2.75, 3.05) is 32.8 Å². The van der Waals surface area contributed by atoms with Crippen LogP contribution in [0.2, 0.25) is 0 Å². The van der Waals surface area contributed by atoms with E-state index in [1.807, 2.05) is 19.1 Å². The Morgan fingerprint density at radius 1 is 1.05 bits per heavy atom. The molecule has 5 aliphatic rings. The van der Waals surface area contributed by atoms with Gasteiger partial charge in [-0.05, 0) is 118 Å².